The number of rotatable bonds is 2. The highest BCUT2D eigenvalue weighted by molar-refractivity contribution is 7.16. The minimum Gasteiger partial charge on any atom is -0.390 e. The van der Waals surface area contributed by atoms with Gasteiger partial charge in [0.15, 0.2) is 5.78 Å². The second kappa shape index (κ2) is 5.33. The van der Waals surface area contributed by atoms with Crippen molar-refractivity contribution in [2.45, 2.75) is 19.9 Å². The van der Waals surface area contributed by atoms with Crippen molar-refractivity contribution in [3.05, 3.63) is 51.9 Å². The van der Waals surface area contributed by atoms with Crippen molar-refractivity contribution < 1.29 is 9.59 Å². The summed E-state index contributed by atoms with van der Waals surface area (Å²) in [6.45, 7) is 2.77. The first-order valence-corrected chi connectivity index (χ1v) is 7.65. The smallest absolute Gasteiger partial charge is 0.219 e. The molecule has 0 unspecified atom stereocenters. The predicted molar refractivity (Wildman–Crippen MR) is 83.4 cm³/mol. The lowest BCUT2D eigenvalue weighted by Crippen LogP contribution is -2.33. The summed E-state index contributed by atoms with van der Waals surface area (Å²) in [5.41, 5.74) is 8.37. The molecule has 0 fully saturated rings. The molecule has 21 heavy (non-hydrogen) atoms. The number of hydrogen-bond donors (Lipinski definition) is 1. The van der Waals surface area contributed by atoms with Crippen LogP contribution in [0.5, 0.6) is 0 Å². The largest absolute Gasteiger partial charge is 0.390 e. The third-order valence-corrected chi connectivity index (χ3v) is 4.84. The molecule has 3 rings (SSSR count). The zero-order valence-electron chi connectivity index (χ0n) is 11.8. The van der Waals surface area contributed by atoms with Gasteiger partial charge < -0.3 is 10.6 Å². The van der Waals surface area contributed by atoms with E-state index in [0.29, 0.717) is 35.6 Å². The summed E-state index contributed by atoms with van der Waals surface area (Å²) in [5, 5.41) is 0.555. The van der Waals surface area contributed by atoms with E-state index in [1.54, 1.807) is 24.0 Å². The number of benzene rings is 1. The number of amides is 1. The van der Waals surface area contributed by atoms with Gasteiger partial charge in [0.2, 0.25) is 5.91 Å². The second-order valence-corrected chi connectivity index (χ2v) is 6.27. The minimum atomic E-state index is -0.0260. The van der Waals surface area contributed by atoms with E-state index in [0.717, 1.165) is 10.4 Å². The molecule has 108 valence electrons. The van der Waals surface area contributed by atoms with E-state index in [2.05, 4.69) is 0 Å². The molecule has 2 heterocycles. The van der Waals surface area contributed by atoms with Crippen LogP contribution >= 0.6 is 11.3 Å². The highest BCUT2D eigenvalue weighted by Crippen LogP contribution is 2.36. The number of hydrogen-bond acceptors (Lipinski definition) is 4. The van der Waals surface area contributed by atoms with E-state index in [9.17, 15) is 9.59 Å². The van der Waals surface area contributed by atoms with Crippen molar-refractivity contribution in [2.24, 2.45) is 0 Å². The van der Waals surface area contributed by atoms with Gasteiger partial charge in [0.05, 0.1) is 17.1 Å². The van der Waals surface area contributed by atoms with E-state index in [1.165, 1.54) is 11.3 Å². The molecule has 1 aromatic heterocycles. The topological polar surface area (TPSA) is 63.4 Å². The lowest BCUT2D eigenvalue weighted by atomic mass is 9.96. The van der Waals surface area contributed by atoms with Gasteiger partial charge in [0.1, 0.15) is 0 Å². The average molecular weight is 300 g/mol. The van der Waals surface area contributed by atoms with Crippen LogP contribution < -0.4 is 5.73 Å². The van der Waals surface area contributed by atoms with Crippen molar-refractivity contribution in [2.75, 3.05) is 12.3 Å². The Morgan fingerprint density at radius 2 is 1.95 bits per heavy atom. The van der Waals surface area contributed by atoms with Crippen LogP contribution in [0.4, 0.5) is 5.00 Å². The molecule has 0 radical (unpaired) electrons. The van der Waals surface area contributed by atoms with Crippen molar-refractivity contribution in [1.29, 1.82) is 0 Å². The van der Waals surface area contributed by atoms with E-state index >= 15 is 0 Å². The molecule has 0 saturated carbocycles. The number of thiophene rings is 1. The number of nitrogens with zero attached hydrogens (tertiary/aromatic N) is 1. The number of nitrogens with two attached hydrogens (primary N) is 1. The molecule has 1 amide bonds. The maximum Gasteiger partial charge on any atom is 0.219 e. The van der Waals surface area contributed by atoms with E-state index in [1.807, 2.05) is 18.2 Å². The zero-order chi connectivity index (χ0) is 15.0. The van der Waals surface area contributed by atoms with Crippen LogP contribution in [0.25, 0.3) is 0 Å². The summed E-state index contributed by atoms with van der Waals surface area (Å²) in [7, 11) is 0. The molecule has 0 atom stereocenters. The Bertz CT molecular complexity index is 707. The molecular weight excluding hydrogens is 284 g/mol. The first kappa shape index (κ1) is 13.8. The van der Waals surface area contributed by atoms with Crippen LogP contribution in [0.15, 0.2) is 30.3 Å². The maximum absolute atomic E-state index is 12.7. The SMILES string of the molecule is CC(=O)N1CCc2c(sc(N)c2C(=O)c2ccccc2)C1. The third-order valence-electron chi connectivity index (χ3n) is 3.79. The van der Waals surface area contributed by atoms with Crippen LogP contribution in [-0.2, 0) is 17.8 Å². The number of carbonyl (C=O) groups is 2. The average Bonchev–Trinajstić information content (AvgIpc) is 2.82. The van der Waals surface area contributed by atoms with Gasteiger partial charge >= 0.3 is 0 Å². The molecule has 4 nitrogen and oxygen atoms in total. The molecule has 1 aromatic carbocycles. The summed E-state index contributed by atoms with van der Waals surface area (Å²) in [6.07, 6.45) is 0.691. The maximum atomic E-state index is 12.7. The first-order chi connectivity index (χ1) is 10.1. The molecule has 0 aliphatic carbocycles. The fraction of sp³-hybridized carbons (Fsp3) is 0.250. The minimum absolute atomic E-state index is 0.0260. The van der Waals surface area contributed by atoms with E-state index in [-0.39, 0.29) is 11.7 Å². The number of fused-ring (bicyclic) bond motifs is 1. The molecule has 0 saturated heterocycles. The number of anilines is 1. The van der Waals surface area contributed by atoms with Gasteiger partial charge in [-0.05, 0) is 12.0 Å². The van der Waals surface area contributed by atoms with Crippen LogP contribution in [0.1, 0.15) is 33.3 Å². The third kappa shape index (κ3) is 2.45. The van der Waals surface area contributed by atoms with E-state index in [4.69, 9.17) is 5.73 Å². The lowest BCUT2D eigenvalue weighted by Gasteiger charge is -2.26. The van der Waals surface area contributed by atoms with Crippen LogP contribution in [0.2, 0.25) is 0 Å². The summed E-state index contributed by atoms with van der Waals surface area (Å²) in [6, 6.07) is 9.18. The van der Waals surface area contributed by atoms with Gasteiger partial charge in [0.25, 0.3) is 0 Å². The highest BCUT2D eigenvalue weighted by Gasteiger charge is 2.28. The Labute approximate surface area is 127 Å². The van der Waals surface area contributed by atoms with Gasteiger partial charge in [-0.25, -0.2) is 0 Å². The van der Waals surface area contributed by atoms with Gasteiger partial charge in [-0.3, -0.25) is 9.59 Å². The van der Waals surface area contributed by atoms with Crippen molar-refractivity contribution in [1.82, 2.24) is 4.90 Å². The van der Waals surface area contributed by atoms with Crippen LogP contribution in [0, 0.1) is 0 Å². The number of nitrogen functional groups attached to an aromatic ring is 1. The highest BCUT2D eigenvalue weighted by atomic mass is 32.1. The predicted octanol–water partition coefficient (Wildman–Crippen LogP) is 2.47. The van der Waals surface area contributed by atoms with Crippen molar-refractivity contribution >= 4 is 28.0 Å². The molecular formula is C16H16N2O2S. The van der Waals surface area contributed by atoms with Gasteiger partial charge in [-0.2, -0.15) is 0 Å². The Hall–Kier alpha value is -2.14. The van der Waals surface area contributed by atoms with Crippen molar-refractivity contribution in [3.63, 3.8) is 0 Å². The quantitative estimate of drug-likeness (QED) is 0.867. The molecule has 1 aliphatic rings. The second-order valence-electron chi connectivity index (χ2n) is 5.13. The van der Waals surface area contributed by atoms with Gasteiger partial charge in [0, 0.05) is 23.9 Å². The number of ketones is 1. The lowest BCUT2D eigenvalue weighted by molar-refractivity contribution is -0.129. The van der Waals surface area contributed by atoms with Crippen molar-refractivity contribution in [3.8, 4) is 0 Å². The molecule has 1 aliphatic heterocycles. The normalized spacial score (nSPS) is 13.9. The fourth-order valence-corrected chi connectivity index (χ4v) is 3.81. The summed E-state index contributed by atoms with van der Waals surface area (Å²) in [5.74, 6) is 0.0328. The fourth-order valence-electron chi connectivity index (χ4n) is 2.68. The summed E-state index contributed by atoms with van der Waals surface area (Å²) in [4.78, 5) is 27.0. The molecule has 2 aromatic rings. The zero-order valence-corrected chi connectivity index (χ0v) is 12.6. The van der Waals surface area contributed by atoms with Gasteiger partial charge in [-0.1, -0.05) is 30.3 Å². The molecule has 5 heteroatoms. The molecule has 2 N–H and O–H groups in total. The Morgan fingerprint density at radius 1 is 1.24 bits per heavy atom. The molecule has 0 spiro atoms. The summed E-state index contributed by atoms with van der Waals surface area (Å²) >= 11 is 1.42. The summed E-state index contributed by atoms with van der Waals surface area (Å²) < 4.78 is 0. The number of carbonyl (C=O) groups excluding carboxylic acids is 2. The van der Waals surface area contributed by atoms with Gasteiger partial charge in [-0.15, -0.1) is 11.3 Å². The monoisotopic (exact) mass is 300 g/mol. The Balaban J connectivity index is 1.99. The van der Waals surface area contributed by atoms with E-state index < -0.39 is 0 Å². The molecule has 0 bridgehead atoms. The Morgan fingerprint density at radius 3 is 2.62 bits per heavy atom. The Kier molecular flexibility index (Phi) is 3.51. The standard InChI is InChI=1S/C16H16N2O2S/c1-10(19)18-8-7-12-13(9-18)21-16(17)14(12)15(20)11-5-3-2-4-6-11/h2-6H,7-9,17H2,1H3. The van der Waals surface area contributed by atoms with Crippen LogP contribution in [-0.4, -0.2) is 23.1 Å². The van der Waals surface area contributed by atoms with Crippen LogP contribution in [0.3, 0.4) is 0 Å². The first-order valence-electron chi connectivity index (χ1n) is 6.83.